The average Bonchev–Trinajstić information content (AvgIpc) is 2.73. The third-order valence-electron chi connectivity index (χ3n) is 5.81. The third-order valence-corrected chi connectivity index (χ3v) is 5.81. The monoisotopic (exact) mass is 404 g/mol. The van der Waals surface area contributed by atoms with E-state index in [0.29, 0.717) is 29.2 Å². The molecule has 1 fully saturated rings. The minimum atomic E-state index is -0.294. The molecule has 6 nitrogen and oxygen atoms in total. The highest BCUT2D eigenvalue weighted by molar-refractivity contribution is 6.04. The number of likely N-dealkylation sites (tertiary alicyclic amines) is 1. The summed E-state index contributed by atoms with van der Waals surface area (Å²) in [5, 5.41) is 10.4. The summed E-state index contributed by atoms with van der Waals surface area (Å²) < 4.78 is 0. The zero-order valence-electron chi connectivity index (χ0n) is 17.5. The number of fused-ring (bicyclic) bond motifs is 1. The maximum atomic E-state index is 12.8. The van der Waals surface area contributed by atoms with Crippen molar-refractivity contribution < 1.29 is 4.79 Å². The van der Waals surface area contributed by atoms with Gasteiger partial charge in [-0.25, -0.2) is 5.10 Å². The summed E-state index contributed by atoms with van der Waals surface area (Å²) in [4.78, 5) is 27.3. The van der Waals surface area contributed by atoms with Crippen LogP contribution in [-0.2, 0) is 13.1 Å². The molecule has 1 aliphatic heterocycles. The minimum Gasteiger partial charge on any atom is -0.347 e. The van der Waals surface area contributed by atoms with Crippen molar-refractivity contribution >= 4 is 16.7 Å². The molecular weight excluding hydrogens is 376 g/mol. The third kappa shape index (κ3) is 4.44. The molecule has 0 saturated carbocycles. The van der Waals surface area contributed by atoms with Crippen molar-refractivity contribution in [3.8, 4) is 0 Å². The normalized spacial score (nSPS) is 19.7. The van der Waals surface area contributed by atoms with Crippen molar-refractivity contribution in [1.82, 2.24) is 20.4 Å². The summed E-state index contributed by atoms with van der Waals surface area (Å²) in [5.41, 5.74) is 2.28. The van der Waals surface area contributed by atoms with Crippen LogP contribution in [-0.4, -0.2) is 34.1 Å². The Balaban J connectivity index is 1.49. The van der Waals surface area contributed by atoms with Gasteiger partial charge in [0.1, 0.15) is 0 Å². The van der Waals surface area contributed by atoms with Gasteiger partial charge in [0.2, 0.25) is 0 Å². The fourth-order valence-corrected chi connectivity index (χ4v) is 4.59. The molecule has 1 amide bonds. The van der Waals surface area contributed by atoms with Crippen molar-refractivity contribution in [3.63, 3.8) is 0 Å². The second-order valence-corrected chi connectivity index (χ2v) is 8.54. The Bertz CT molecular complexity index is 1100. The van der Waals surface area contributed by atoms with E-state index in [4.69, 9.17) is 0 Å². The van der Waals surface area contributed by atoms with Gasteiger partial charge in [0, 0.05) is 31.6 Å². The Morgan fingerprint density at radius 3 is 2.40 bits per heavy atom. The van der Waals surface area contributed by atoms with Gasteiger partial charge in [-0.15, -0.1) is 0 Å². The van der Waals surface area contributed by atoms with Crippen LogP contribution in [0.4, 0.5) is 0 Å². The van der Waals surface area contributed by atoms with Gasteiger partial charge < -0.3 is 5.32 Å². The van der Waals surface area contributed by atoms with Crippen molar-refractivity contribution in [2.45, 2.75) is 33.4 Å². The van der Waals surface area contributed by atoms with Gasteiger partial charge in [-0.2, -0.15) is 5.10 Å². The van der Waals surface area contributed by atoms with E-state index in [1.807, 2.05) is 6.07 Å². The van der Waals surface area contributed by atoms with Crippen LogP contribution in [0.1, 0.15) is 41.9 Å². The second-order valence-electron chi connectivity index (χ2n) is 8.54. The van der Waals surface area contributed by atoms with Crippen LogP contribution in [0.2, 0.25) is 0 Å². The molecule has 4 rings (SSSR count). The van der Waals surface area contributed by atoms with E-state index in [0.717, 1.165) is 25.2 Å². The van der Waals surface area contributed by atoms with E-state index in [2.05, 4.69) is 52.5 Å². The number of benzene rings is 2. The van der Waals surface area contributed by atoms with Crippen LogP contribution in [0.25, 0.3) is 10.8 Å². The van der Waals surface area contributed by atoms with E-state index in [1.165, 1.54) is 12.0 Å². The van der Waals surface area contributed by atoms with Crippen LogP contribution >= 0.6 is 0 Å². The summed E-state index contributed by atoms with van der Waals surface area (Å²) in [6.07, 6.45) is 1.29. The number of carbonyl (C=O) groups is 1. The second kappa shape index (κ2) is 8.79. The first-order valence-corrected chi connectivity index (χ1v) is 10.6. The molecular formula is C24H28N4O2. The first-order valence-electron chi connectivity index (χ1n) is 10.6. The summed E-state index contributed by atoms with van der Waals surface area (Å²) in [6, 6.07) is 15.3. The molecule has 1 aromatic heterocycles. The van der Waals surface area contributed by atoms with Gasteiger partial charge >= 0.3 is 0 Å². The lowest BCUT2D eigenvalue weighted by molar-refractivity contribution is 0.0946. The minimum absolute atomic E-state index is 0.237. The lowest BCUT2D eigenvalue weighted by Gasteiger charge is -2.35. The predicted molar refractivity (Wildman–Crippen MR) is 118 cm³/mol. The number of hydrogen-bond acceptors (Lipinski definition) is 4. The molecule has 1 saturated heterocycles. The van der Waals surface area contributed by atoms with E-state index in [-0.39, 0.29) is 17.2 Å². The highest BCUT2D eigenvalue weighted by atomic mass is 16.2. The zero-order valence-corrected chi connectivity index (χ0v) is 17.5. The van der Waals surface area contributed by atoms with Crippen molar-refractivity contribution in [3.05, 3.63) is 75.7 Å². The molecule has 2 aromatic carbocycles. The largest absolute Gasteiger partial charge is 0.347 e. The Labute approximate surface area is 176 Å². The molecule has 156 valence electrons. The number of piperidine rings is 1. The predicted octanol–water partition coefficient (Wildman–Crippen LogP) is 3.33. The summed E-state index contributed by atoms with van der Waals surface area (Å²) in [7, 11) is 0. The number of nitrogens with zero attached hydrogens (tertiary/aromatic N) is 2. The Kier molecular flexibility index (Phi) is 5.95. The Hall–Kier alpha value is -2.99. The van der Waals surface area contributed by atoms with Crippen molar-refractivity contribution in [2.24, 2.45) is 11.8 Å². The molecule has 0 bridgehead atoms. The summed E-state index contributed by atoms with van der Waals surface area (Å²) >= 11 is 0. The quantitative estimate of drug-likeness (QED) is 0.684. The fraction of sp³-hybridized carbons (Fsp3) is 0.375. The lowest BCUT2D eigenvalue weighted by Crippen LogP contribution is -2.38. The van der Waals surface area contributed by atoms with Crippen LogP contribution < -0.4 is 10.9 Å². The van der Waals surface area contributed by atoms with Gasteiger partial charge in [-0.05, 0) is 35.4 Å². The molecule has 2 atom stereocenters. The number of carbonyl (C=O) groups excluding carboxylic acids is 1. The van der Waals surface area contributed by atoms with Gasteiger partial charge in [0.05, 0.1) is 5.39 Å². The topological polar surface area (TPSA) is 78.1 Å². The Morgan fingerprint density at radius 2 is 1.67 bits per heavy atom. The molecule has 0 aliphatic carbocycles. The number of H-pyrrole nitrogens is 1. The van der Waals surface area contributed by atoms with Crippen LogP contribution in [0.5, 0.6) is 0 Å². The SMILES string of the molecule is CC1CC(C)CN(Cc2ccccc2CNC(=O)c2n[nH]c(=O)c3ccccc23)C1. The van der Waals surface area contributed by atoms with Crippen LogP contribution in [0.3, 0.4) is 0 Å². The number of aromatic nitrogens is 2. The highest BCUT2D eigenvalue weighted by Crippen LogP contribution is 2.23. The average molecular weight is 405 g/mol. The van der Waals surface area contributed by atoms with Gasteiger partial charge in [-0.3, -0.25) is 14.5 Å². The first-order chi connectivity index (χ1) is 14.5. The number of rotatable bonds is 5. The standard InChI is InChI=1S/C24H28N4O2/c1-16-11-17(2)14-28(13-16)15-19-8-4-3-7-18(19)12-25-24(30)22-20-9-5-6-10-21(20)23(29)27-26-22/h3-10,16-17H,11-15H2,1-2H3,(H,25,30)(H,27,29). The zero-order chi connectivity index (χ0) is 21.1. The number of hydrogen-bond donors (Lipinski definition) is 2. The molecule has 0 radical (unpaired) electrons. The molecule has 0 spiro atoms. The van der Waals surface area contributed by atoms with Crippen molar-refractivity contribution in [1.29, 1.82) is 0 Å². The number of aromatic amines is 1. The molecule has 1 aliphatic rings. The molecule has 30 heavy (non-hydrogen) atoms. The Morgan fingerprint density at radius 1 is 1.03 bits per heavy atom. The molecule has 3 aromatic rings. The molecule has 6 heteroatoms. The fourth-order valence-electron chi connectivity index (χ4n) is 4.59. The van der Waals surface area contributed by atoms with E-state index in [9.17, 15) is 9.59 Å². The first kappa shape index (κ1) is 20.3. The maximum Gasteiger partial charge on any atom is 0.272 e. The smallest absolute Gasteiger partial charge is 0.272 e. The highest BCUT2D eigenvalue weighted by Gasteiger charge is 2.22. The summed E-state index contributed by atoms with van der Waals surface area (Å²) in [6.45, 7) is 8.16. The van der Waals surface area contributed by atoms with Crippen LogP contribution in [0.15, 0.2) is 53.3 Å². The molecule has 2 unspecified atom stereocenters. The van der Waals surface area contributed by atoms with E-state index < -0.39 is 0 Å². The maximum absolute atomic E-state index is 12.8. The number of amides is 1. The van der Waals surface area contributed by atoms with E-state index >= 15 is 0 Å². The van der Waals surface area contributed by atoms with Crippen LogP contribution in [0, 0.1) is 11.8 Å². The van der Waals surface area contributed by atoms with E-state index in [1.54, 1.807) is 24.3 Å². The van der Waals surface area contributed by atoms with Gasteiger partial charge in [-0.1, -0.05) is 56.3 Å². The molecule has 2 N–H and O–H groups in total. The van der Waals surface area contributed by atoms with Gasteiger partial charge in [0.15, 0.2) is 5.69 Å². The van der Waals surface area contributed by atoms with Crippen molar-refractivity contribution in [2.75, 3.05) is 13.1 Å². The van der Waals surface area contributed by atoms with Gasteiger partial charge in [0.25, 0.3) is 11.5 Å². The summed E-state index contributed by atoms with van der Waals surface area (Å²) in [5.74, 6) is 1.12. The number of nitrogens with one attached hydrogen (secondary N) is 2. The molecule has 2 heterocycles. The lowest BCUT2D eigenvalue weighted by atomic mass is 9.91.